The largest absolute Gasteiger partial charge is 0.494 e. The third-order valence-electron chi connectivity index (χ3n) is 7.50. The van der Waals surface area contributed by atoms with E-state index < -0.39 is 19.8 Å². The van der Waals surface area contributed by atoms with Crippen molar-refractivity contribution in [2.75, 3.05) is 25.6 Å². The van der Waals surface area contributed by atoms with E-state index >= 15 is 0 Å². The Morgan fingerprint density at radius 1 is 0.936 bits per heavy atom. The first-order chi connectivity index (χ1) is 22.3. The second-order valence-corrected chi connectivity index (χ2v) is 19.8. The van der Waals surface area contributed by atoms with Gasteiger partial charge in [-0.3, -0.25) is 10.1 Å². The number of hydrogen-bond donors (Lipinski definition) is 1. The molecule has 0 aliphatic carbocycles. The standard InChI is InChI=1S/C37H55N3O6Si/c1-9-10-11-12-13-22-45-31-19-16-29(17-20-31)33-26-40(27-44-23-24-47(6,7)8)35(38-33)30-15-14-28(18-21-34(41)43-5)32(25-30)39-36(42)46-37(2,3)4/h14-17,19-20,25-26H,9-13,18,21-24,27H2,1-8H3,(H,39,42). The molecule has 10 heteroatoms. The second kappa shape index (κ2) is 18.1. The number of unbranched alkanes of at least 4 members (excludes halogenated alkanes) is 4. The van der Waals surface area contributed by atoms with Gasteiger partial charge in [-0.25, -0.2) is 9.78 Å². The lowest BCUT2D eigenvalue weighted by Crippen LogP contribution is -2.27. The Bertz CT molecular complexity index is 1420. The number of benzene rings is 2. The van der Waals surface area contributed by atoms with Gasteiger partial charge < -0.3 is 23.5 Å². The van der Waals surface area contributed by atoms with E-state index in [1.54, 1.807) is 0 Å². The van der Waals surface area contributed by atoms with Gasteiger partial charge in [-0.1, -0.05) is 64.4 Å². The van der Waals surface area contributed by atoms with Crippen molar-refractivity contribution >= 4 is 25.8 Å². The molecule has 2 aromatic carbocycles. The molecule has 0 atom stereocenters. The van der Waals surface area contributed by atoms with Gasteiger partial charge in [0.25, 0.3) is 0 Å². The van der Waals surface area contributed by atoms with Crippen molar-refractivity contribution in [2.45, 2.75) is 111 Å². The van der Waals surface area contributed by atoms with Gasteiger partial charge in [-0.2, -0.15) is 0 Å². The molecular weight excluding hydrogens is 611 g/mol. The summed E-state index contributed by atoms with van der Waals surface area (Å²) >= 11 is 0. The number of ether oxygens (including phenoxy) is 4. The number of hydrogen-bond acceptors (Lipinski definition) is 7. The average molecular weight is 666 g/mol. The predicted molar refractivity (Wildman–Crippen MR) is 192 cm³/mol. The highest BCUT2D eigenvalue weighted by Crippen LogP contribution is 2.31. The zero-order chi connectivity index (χ0) is 34.5. The maximum Gasteiger partial charge on any atom is 0.412 e. The highest BCUT2D eigenvalue weighted by molar-refractivity contribution is 6.76. The van der Waals surface area contributed by atoms with Gasteiger partial charge in [-0.15, -0.1) is 0 Å². The Kier molecular flexibility index (Phi) is 14.5. The average Bonchev–Trinajstić information content (AvgIpc) is 3.43. The van der Waals surface area contributed by atoms with Crippen molar-refractivity contribution in [2.24, 2.45) is 0 Å². The van der Waals surface area contributed by atoms with Crippen molar-refractivity contribution in [1.82, 2.24) is 9.55 Å². The van der Waals surface area contributed by atoms with E-state index in [0.717, 1.165) is 40.6 Å². The van der Waals surface area contributed by atoms with Crippen LogP contribution < -0.4 is 10.1 Å². The summed E-state index contributed by atoms with van der Waals surface area (Å²) in [6.45, 7) is 16.4. The monoisotopic (exact) mass is 665 g/mol. The van der Waals surface area contributed by atoms with Crippen LogP contribution in [0.2, 0.25) is 25.7 Å². The molecule has 9 nitrogen and oxygen atoms in total. The lowest BCUT2D eigenvalue weighted by Gasteiger charge is -2.21. The lowest BCUT2D eigenvalue weighted by molar-refractivity contribution is -0.140. The van der Waals surface area contributed by atoms with E-state index in [0.29, 0.717) is 37.9 Å². The first-order valence-electron chi connectivity index (χ1n) is 16.9. The van der Waals surface area contributed by atoms with Gasteiger partial charge in [-0.05, 0) is 75.6 Å². The third-order valence-corrected chi connectivity index (χ3v) is 9.20. The SMILES string of the molecule is CCCCCCCOc1ccc(-c2cn(COCC[Si](C)(C)C)c(-c3ccc(CCC(=O)OC)c(NC(=O)OC(C)(C)C)c3)n2)cc1. The Labute approximate surface area is 282 Å². The highest BCUT2D eigenvalue weighted by atomic mass is 28.3. The lowest BCUT2D eigenvalue weighted by atomic mass is 10.0. The van der Waals surface area contributed by atoms with E-state index in [2.05, 4.69) is 31.9 Å². The number of amides is 1. The van der Waals surface area contributed by atoms with Gasteiger partial charge in [0, 0.05) is 44.1 Å². The van der Waals surface area contributed by atoms with Crippen LogP contribution >= 0.6 is 0 Å². The highest BCUT2D eigenvalue weighted by Gasteiger charge is 2.20. The molecule has 0 aliphatic heterocycles. The Morgan fingerprint density at radius 3 is 2.30 bits per heavy atom. The molecule has 0 aliphatic rings. The zero-order valence-electron chi connectivity index (χ0n) is 29.7. The second-order valence-electron chi connectivity index (χ2n) is 14.1. The molecule has 0 bridgehead atoms. The summed E-state index contributed by atoms with van der Waals surface area (Å²) in [4.78, 5) is 29.8. The van der Waals surface area contributed by atoms with Crippen LogP contribution in [0.15, 0.2) is 48.7 Å². The number of aryl methyl sites for hydroxylation is 1. The van der Waals surface area contributed by atoms with Gasteiger partial charge in [0.15, 0.2) is 0 Å². The number of nitrogens with zero attached hydrogens (tertiary/aromatic N) is 2. The normalized spacial score (nSPS) is 11.7. The molecule has 47 heavy (non-hydrogen) atoms. The minimum Gasteiger partial charge on any atom is -0.494 e. The third kappa shape index (κ3) is 13.6. The Morgan fingerprint density at radius 2 is 1.64 bits per heavy atom. The maximum atomic E-state index is 12.8. The molecule has 0 saturated carbocycles. The molecule has 0 unspecified atom stereocenters. The van der Waals surface area contributed by atoms with Crippen molar-refractivity contribution in [3.8, 4) is 28.4 Å². The fourth-order valence-electron chi connectivity index (χ4n) is 4.84. The van der Waals surface area contributed by atoms with Crippen LogP contribution in [0.1, 0.15) is 71.8 Å². The zero-order valence-corrected chi connectivity index (χ0v) is 30.7. The minimum absolute atomic E-state index is 0.182. The van der Waals surface area contributed by atoms with Crippen LogP contribution in [0.5, 0.6) is 5.75 Å². The summed E-state index contributed by atoms with van der Waals surface area (Å²) in [6, 6.07) is 14.8. The van der Waals surface area contributed by atoms with E-state index in [4.69, 9.17) is 23.9 Å². The summed E-state index contributed by atoms with van der Waals surface area (Å²) in [7, 11) is 0.109. The number of imidazole rings is 1. The van der Waals surface area contributed by atoms with Gasteiger partial charge >= 0.3 is 12.1 Å². The summed E-state index contributed by atoms with van der Waals surface area (Å²) < 4.78 is 24.5. The molecule has 1 amide bonds. The van der Waals surface area contributed by atoms with Crippen LogP contribution in [0.25, 0.3) is 22.6 Å². The predicted octanol–water partition coefficient (Wildman–Crippen LogP) is 9.33. The number of methoxy groups -OCH3 is 1. The van der Waals surface area contributed by atoms with Crippen LogP contribution in [0.3, 0.4) is 0 Å². The van der Waals surface area contributed by atoms with Gasteiger partial charge in [0.05, 0.1) is 19.4 Å². The molecule has 3 aromatic rings. The van der Waals surface area contributed by atoms with Crippen LogP contribution in [-0.4, -0.2) is 55.6 Å². The number of esters is 1. The number of carbonyl (C=O) groups is 2. The molecule has 1 N–H and O–H groups in total. The van der Waals surface area contributed by atoms with Crippen molar-refractivity contribution < 1.29 is 28.5 Å². The molecular formula is C37H55N3O6Si. The molecule has 0 radical (unpaired) electrons. The van der Waals surface area contributed by atoms with Crippen molar-refractivity contribution in [1.29, 1.82) is 0 Å². The van der Waals surface area contributed by atoms with Gasteiger partial charge in [0.1, 0.15) is 23.9 Å². The van der Waals surface area contributed by atoms with Crippen LogP contribution in [0, 0.1) is 0 Å². The quantitative estimate of drug-likeness (QED) is 0.0821. The number of carbonyl (C=O) groups excluding carboxylic acids is 2. The molecule has 0 fully saturated rings. The van der Waals surface area contributed by atoms with Crippen LogP contribution in [-0.2, 0) is 32.2 Å². The molecule has 0 saturated heterocycles. The van der Waals surface area contributed by atoms with Crippen LogP contribution in [0.4, 0.5) is 10.5 Å². The maximum absolute atomic E-state index is 12.8. The van der Waals surface area contributed by atoms with E-state index in [1.165, 1.54) is 32.8 Å². The molecule has 0 spiro atoms. The van der Waals surface area contributed by atoms with Crippen molar-refractivity contribution in [3.05, 3.63) is 54.2 Å². The molecule has 1 heterocycles. The fraction of sp³-hybridized carbons (Fsp3) is 0.541. The van der Waals surface area contributed by atoms with Crippen molar-refractivity contribution in [3.63, 3.8) is 0 Å². The molecule has 3 rings (SSSR count). The summed E-state index contributed by atoms with van der Waals surface area (Å²) in [5, 5.41) is 2.89. The Hall–Kier alpha value is -3.63. The van der Waals surface area contributed by atoms with E-state index in [9.17, 15) is 9.59 Å². The number of aromatic nitrogens is 2. The first kappa shape index (κ1) is 37.8. The smallest absolute Gasteiger partial charge is 0.412 e. The van der Waals surface area contributed by atoms with Gasteiger partial charge in [0.2, 0.25) is 0 Å². The summed E-state index contributed by atoms with van der Waals surface area (Å²) in [6.07, 6.45) is 8.00. The first-order valence-corrected chi connectivity index (χ1v) is 20.6. The molecule has 1 aromatic heterocycles. The minimum atomic E-state index is -1.26. The van der Waals surface area contributed by atoms with E-state index in [1.807, 2.05) is 74.0 Å². The number of nitrogens with one attached hydrogen (secondary N) is 1. The topological polar surface area (TPSA) is 101 Å². The number of rotatable bonds is 18. The van der Waals surface area contributed by atoms with E-state index in [-0.39, 0.29) is 12.4 Å². The molecule has 258 valence electrons. The fourth-order valence-corrected chi connectivity index (χ4v) is 5.60. The summed E-state index contributed by atoms with van der Waals surface area (Å²) in [5.74, 6) is 1.22. The summed E-state index contributed by atoms with van der Waals surface area (Å²) in [5.41, 5.74) is 3.23. The number of anilines is 1. The Balaban J connectivity index is 1.90.